The van der Waals surface area contributed by atoms with Gasteiger partial charge in [-0.25, -0.2) is 4.98 Å². The minimum Gasteiger partial charge on any atom is -0.339 e. The van der Waals surface area contributed by atoms with E-state index >= 15 is 0 Å². The highest BCUT2D eigenvalue weighted by atomic mass is 32.1. The molecule has 24 heavy (non-hydrogen) atoms. The minimum absolute atomic E-state index is 0.176. The monoisotopic (exact) mass is 345 g/mol. The third kappa shape index (κ3) is 3.29. The Labute approximate surface area is 146 Å². The first-order chi connectivity index (χ1) is 11.4. The number of aromatic nitrogens is 2. The molecule has 2 aromatic rings. The average Bonchev–Trinajstić information content (AvgIpc) is 3.34. The Hall–Kier alpha value is -1.95. The molecule has 0 spiro atoms. The summed E-state index contributed by atoms with van der Waals surface area (Å²) in [6, 6.07) is 3.56. The van der Waals surface area contributed by atoms with Gasteiger partial charge in [0.05, 0.1) is 12.2 Å². The SMILES string of the molecule is Cc1nc(Cn2cccc(C(=O)N(C)[C@H](C)C3CC3)c2=O)sc1C. The molecule has 3 rings (SSSR count). The largest absolute Gasteiger partial charge is 0.339 e. The van der Waals surface area contributed by atoms with Crippen molar-refractivity contribution in [2.24, 2.45) is 5.92 Å². The molecule has 0 N–H and O–H groups in total. The van der Waals surface area contributed by atoms with Crippen molar-refractivity contribution in [2.45, 2.75) is 46.2 Å². The number of thiazole rings is 1. The van der Waals surface area contributed by atoms with Gasteiger partial charge in [-0.15, -0.1) is 11.3 Å². The van der Waals surface area contributed by atoms with Crippen molar-refractivity contribution in [1.29, 1.82) is 0 Å². The van der Waals surface area contributed by atoms with Crippen LogP contribution in [0.4, 0.5) is 0 Å². The first-order valence-electron chi connectivity index (χ1n) is 8.28. The summed E-state index contributed by atoms with van der Waals surface area (Å²) >= 11 is 1.59. The van der Waals surface area contributed by atoms with Gasteiger partial charge in [0.1, 0.15) is 10.6 Å². The van der Waals surface area contributed by atoms with Gasteiger partial charge in [0, 0.05) is 24.2 Å². The smallest absolute Gasteiger partial charge is 0.263 e. The van der Waals surface area contributed by atoms with Crippen LogP contribution in [0.1, 0.15) is 45.7 Å². The van der Waals surface area contributed by atoms with Gasteiger partial charge in [-0.2, -0.15) is 0 Å². The molecule has 0 aromatic carbocycles. The summed E-state index contributed by atoms with van der Waals surface area (Å²) in [5.41, 5.74) is 0.980. The van der Waals surface area contributed by atoms with Crippen molar-refractivity contribution in [1.82, 2.24) is 14.5 Å². The molecule has 1 aliphatic rings. The number of hydrogen-bond donors (Lipinski definition) is 0. The van der Waals surface area contributed by atoms with Gasteiger partial charge >= 0.3 is 0 Å². The number of amides is 1. The Morgan fingerprint density at radius 3 is 2.75 bits per heavy atom. The quantitative estimate of drug-likeness (QED) is 0.837. The van der Waals surface area contributed by atoms with Gasteiger partial charge in [0.25, 0.3) is 11.5 Å². The van der Waals surface area contributed by atoms with Gasteiger partial charge < -0.3 is 9.47 Å². The number of aryl methyl sites for hydroxylation is 2. The van der Waals surface area contributed by atoms with Gasteiger partial charge in [0.2, 0.25) is 0 Å². The molecule has 1 fully saturated rings. The van der Waals surface area contributed by atoms with E-state index < -0.39 is 0 Å². The van der Waals surface area contributed by atoms with Crippen LogP contribution in [-0.4, -0.2) is 33.4 Å². The maximum Gasteiger partial charge on any atom is 0.263 e. The molecule has 0 aliphatic heterocycles. The lowest BCUT2D eigenvalue weighted by Crippen LogP contribution is -2.40. The van der Waals surface area contributed by atoms with E-state index in [4.69, 9.17) is 0 Å². The van der Waals surface area contributed by atoms with Crippen molar-refractivity contribution < 1.29 is 4.79 Å². The zero-order valence-corrected chi connectivity index (χ0v) is 15.4. The summed E-state index contributed by atoms with van der Waals surface area (Å²) in [6.45, 7) is 6.44. The van der Waals surface area contributed by atoms with E-state index in [1.165, 1.54) is 12.8 Å². The van der Waals surface area contributed by atoms with Crippen LogP contribution >= 0.6 is 11.3 Å². The fourth-order valence-corrected chi connectivity index (χ4v) is 3.78. The Bertz CT molecular complexity index is 800. The predicted molar refractivity (Wildman–Crippen MR) is 95.7 cm³/mol. The van der Waals surface area contributed by atoms with Crippen molar-refractivity contribution in [3.8, 4) is 0 Å². The van der Waals surface area contributed by atoms with E-state index in [0.717, 1.165) is 15.6 Å². The maximum absolute atomic E-state index is 12.7. The van der Waals surface area contributed by atoms with Crippen molar-refractivity contribution >= 4 is 17.2 Å². The van der Waals surface area contributed by atoms with E-state index in [1.54, 1.807) is 46.2 Å². The fraction of sp³-hybridized carbons (Fsp3) is 0.500. The van der Waals surface area contributed by atoms with Crippen LogP contribution < -0.4 is 5.56 Å². The zero-order valence-electron chi connectivity index (χ0n) is 14.6. The van der Waals surface area contributed by atoms with Crippen LogP contribution in [0.3, 0.4) is 0 Å². The highest BCUT2D eigenvalue weighted by Gasteiger charge is 2.33. The summed E-state index contributed by atoms with van der Waals surface area (Å²) in [7, 11) is 1.79. The van der Waals surface area contributed by atoms with Gasteiger partial charge in [0.15, 0.2) is 0 Å². The Balaban J connectivity index is 1.84. The molecule has 1 saturated carbocycles. The number of carbonyl (C=O) groups is 1. The van der Waals surface area contributed by atoms with Gasteiger partial charge in [-0.3, -0.25) is 9.59 Å². The predicted octanol–water partition coefficient (Wildman–Crippen LogP) is 2.84. The molecule has 2 aromatic heterocycles. The molecule has 0 radical (unpaired) electrons. The molecular weight excluding hydrogens is 322 g/mol. The van der Waals surface area contributed by atoms with Crippen LogP contribution in [0.5, 0.6) is 0 Å². The van der Waals surface area contributed by atoms with E-state index in [0.29, 0.717) is 12.5 Å². The summed E-state index contributed by atoms with van der Waals surface area (Å²) in [5, 5.41) is 0.886. The average molecular weight is 345 g/mol. The number of carbonyl (C=O) groups excluding carboxylic acids is 1. The number of nitrogens with zero attached hydrogens (tertiary/aromatic N) is 3. The molecule has 2 heterocycles. The Morgan fingerprint density at radius 1 is 1.46 bits per heavy atom. The molecule has 0 bridgehead atoms. The topological polar surface area (TPSA) is 55.2 Å². The molecule has 128 valence electrons. The Morgan fingerprint density at radius 2 is 2.17 bits per heavy atom. The van der Waals surface area contributed by atoms with Gasteiger partial charge in [-0.05, 0) is 51.7 Å². The lowest BCUT2D eigenvalue weighted by atomic mass is 10.1. The number of rotatable bonds is 5. The lowest BCUT2D eigenvalue weighted by molar-refractivity contribution is 0.0725. The van der Waals surface area contributed by atoms with Gasteiger partial charge in [-0.1, -0.05) is 0 Å². The van der Waals surface area contributed by atoms with E-state index in [2.05, 4.69) is 11.9 Å². The Kier molecular flexibility index (Phi) is 4.58. The highest BCUT2D eigenvalue weighted by Crippen LogP contribution is 2.34. The first kappa shape index (κ1) is 16.9. The third-order valence-corrected chi connectivity index (χ3v) is 5.92. The number of hydrogen-bond acceptors (Lipinski definition) is 4. The fourth-order valence-electron chi connectivity index (χ4n) is 2.85. The molecule has 1 atom stereocenters. The molecular formula is C18H23N3O2S. The lowest BCUT2D eigenvalue weighted by Gasteiger charge is -2.24. The van der Waals surface area contributed by atoms with Crippen molar-refractivity contribution in [2.75, 3.05) is 7.05 Å². The highest BCUT2D eigenvalue weighted by molar-refractivity contribution is 7.11. The second-order valence-corrected chi connectivity index (χ2v) is 7.89. The van der Waals surface area contributed by atoms with E-state index in [-0.39, 0.29) is 23.1 Å². The summed E-state index contributed by atoms with van der Waals surface area (Å²) in [6.07, 6.45) is 4.05. The molecule has 1 aliphatic carbocycles. The van der Waals surface area contributed by atoms with E-state index in [9.17, 15) is 9.59 Å². The third-order valence-electron chi connectivity index (χ3n) is 4.86. The summed E-state index contributed by atoms with van der Waals surface area (Å²) in [4.78, 5) is 32.8. The van der Waals surface area contributed by atoms with Crippen molar-refractivity contribution in [3.05, 3.63) is 49.8 Å². The van der Waals surface area contributed by atoms with Crippen molar-refractivity contribution in [3.63, 3.8) is 0 Å². The second-order valence-electron chi connectivity index (χ2n) is 6.60. The number of pyridine rings is 1. The summed E-state index contributed by atoms with van der Waals surface area (Å²) < 4.78 is 1.57. The minimum atomic E-state index is -0.247. The van der Waals surface area contributed by atoms with Crippen LogP contribution in [0.15, 0.2) is 23.1 Å². The maximum atomic E-state index is 12.7. The van der Waals surface area contributed by atoms with Crippen LogP contribution in [0.2, 0.25) is 0 Å². The molecule has 1 amide bonds. The van der Waals surface area contributed by atoms with Crippen LogP contribution in [-0.2, 0) is 6.54 Å². The van der Waals surface area contributed by atoms with Crippen LogP contribution in [0, 0.1) is 19.8 Å². The summed E-state index contributed by atoms with van der Waals surface area (Å²) in [5.74, 6) is 0.381. The normalized spacial score (nSPS) is 15.3. The zero-order chi connectivity index (χ0) is 17.4. The second kappa shape index (κ2) is 6.51. The molecule has 5 nitrogen and oxygen atoms in total. The first-order valence-corrected chi connectivity index (χ1v) is 9.09. The molecule has 6 heteroatoms. The standard InChI is InChI=1S/C18H23N3O2S/c1-11-13(3)24-16(19-11)10-21-9-5-6-15(18(21)23)17(22)20(4)12(2)14-7-8-14/h5-6,9,12,14H,7-8,10H2,1-4H3/t12-/m1/s1. The molecule has 0 saturated heterocycles. The van der Waals surface area contributed by atoms with E-state index in [1.807, 2.05) is 13.8 Å². The van der Waals surface area contributed by atoms with Crippen LogP contribution in [0.25, 0.3) is 0 Å². The molecule has 0 unspecified atom stereocenters.